The first-order valence-electron chi connectivity index (χ1n) is 7.36. The van der Waals surface area contributed by atoms with Crippen molar-refractivity contribution in [3.05, 3.63) is 52.5 Å². The Labute approximate surface area is 163 Å². The van der Waals surface area contributed by atoms with E-state index in [0.29, 0.717) is 11.5 Å². The topological polar surface area (TPSA) is 59.6 Å². The van der Waals surface area contributed by atoms with Crippen LogP contribution in [0.3, 0.4) is 0 Å². The maximum atomic E-state index is 12.8. The Morgan fingerprint density at radius 3 is 2.19 bits per heavy atom. The molecule has 0 fully saturated rings. The monoisotopic (exact) mass is 418 g/mol. The van der Waals surface area contributed by atoms with Gasteiger partial charge in [-0.25, -0.2) is 0 Å². The molecular formula is C17H14ClF3N2O3S. The summed E-state index contributed by atoms with van der Waals surface area (Å²) in [5, 5.41) is 4.65. The fourth-order valence-electron chi connectivity index (χ4n) is 2.06. The van der Waals surface area contributed by atoms with Crippen molar-refractivity contribution in [1.82, 2.24) is 5.32 Å². The van der Waals surface area contributed by atoms with E-state index in [1.807, 2.05) is 0 Å². The molecule has 0 spiro atoms. The average Bonchev–Trinajstić information content (AvgIpc) is 2.61. The molecule has 0 aliphatic carbocycles. The summed E-state index contributed by atoms with van der Waals surface area (Å²) in [6, 6.07) is 7.22. The average molecular weight is 419 g/mol. The molecule has 10 heteroatoms. The number of amides is 1. The summed E-state index contributed by atoms with van der Waals surface area (Å²) in [5.41, 5.74) is -0.799. The molecule has 0 aromatic heterocycles. The minimum Gasteiger partial charge on any atom is -0.497 e. The lowest BCUT2D eigenvalue weighted by Gasteiger charge is -2.14. The van der Waals surface area contributed by atoms with Gasteiger partial charge in [0, 0.05) is 11.6 Å². The van der Waals surface area contributed by atoms with Gasteiger partial charge in [0.25, 0.3) is 5.91 Å². The largest absolute Gasteiger partial charge is 0.497 e. The molecule has 0 radical (unpaired) electrons. The SMILES string of the molecule is COc1cc(OC)cc(C(=O)NC(=S)Nc2cc(C(F)(F)F)ccc2Cl)c1. The quantitative estimate of drug-likeness (QED) is 0.716. The summed E-state index contributed by atoms with van der Waals surface area (Å²) in [6.45, 7) is 0. The van der Waals surface area contributed by atoms with Gasteiger partial charge in [0.2, 0.25) is 0 Å². The highest BCUT2D eigenvalue weighted by molar-refractivity contribution is 7.80. The molecule has 0 aliphatic rings. The third kappa shape index (κ3) is 5.48. The predicted octanol–water partition coefficient (Wildman–Crippen LogP) is 4.50. The fraction of sp³-hybridized carbons (Fsp3) is 0.176. The van der Waals surface area contributed by atoms with Gasteiger partial charge in [-0.15, -0.1) is 0 Å². The van der Waals surface area contributed by atoms with Crippen molar-refractivity contribution in [3.8, 4) is 11.5 Å². The van der Waals surface area contributed by atoms with Gasteiger partial charge in [-0.05, 0) is 42.5 Å². The van der Waals surface area contributed by atoms with Gasteiger partial charge >= 0.3 is 6.18 Å². The van der Waals surface area contributed by atoms with E-state index in [1.165, 1.54) is 26.4 Å². The van der Waals surface area contributed by atoms with Gasteiger partial charge in [0.05, 0.1) is 30.5 Å². The zero-order valence-electron chi connectivity index (χ0n) is 14.1. The van der Waals surface area contributed by atoms with Crippen molar-refractivity contribution >= 4 is 40.5 Å². The van der Waals surface area contributed by atoms with E-state index in [0.717, 1.165) is 18.2 Å². The molecule has 1 amide bonds. The van der Waals surface area contributed by atoms with Crippen molar-refractivity contribution in [3.63, 3.8) is 0 Å². The van der Waals surface area contributed by atoms with E-state index < -0.39 is 17.6 Å². The maximum Gasteiger partial charge on any atom is 0.416 e. The van der Waals surface area contributed by atoms with Crippen molar-refractivity contribution in [2.75, 3.05) is 19.5 Å². The Morgan fingerprint density at radius 2 is 1.67 bits per heavy atom. The van der Waals surface area contributed by atoms with Crippen LogP contribution in [-0.2, 0) is 6.18 Å². The first-order valence-corrected chi connectivity index (χ1v) is 8.15. The van der Waals surface area contributed by atoms with E-state index in [2.05, 4.69) is 10.6 Å². The standard InChI is InChI=1S/C17H14ClF3N2O3S/c1-25-11-5-9(6-12(8-11)26-2)15(24)23-16(27)22-14-7-10(17(19,20)21)3-4-13(14)18/h3-8H,1-2H3,(H2,22,23,24,27). The number of alkyl halides is 3. The number of rotatable bonds is 4. The second kappa shape index (κ2) is 8.45. The first kappa shape index (κ1) is 20.8. The molecule has 2 aromatic rings. The number of hydrogen-bond donors (Lipinski definition) is 2. The van der Waals surface area contributed by atoms with Crippen LogP contribution in [0.5, 0.6) is 11.5 Å². The van der Waals surface area contributed by atoms with Crippen LogP contribution in [-0.4, -0.2) is 25.2 Å². The van der Waals surface area contributed by atoms with Crippen LogP contribution in [0.4, 0.5) is 18.9 Å². The van der Waals surface area contributed by atoms with Crippen molar-refractivity contribution in [2.45, 2.75) is 6.18 Å². The number of carbonyl (C=O) groups excluding carboxylic acids is 1. The molecule has 0 unspecified atom stereocenters. The number of ether oxygens (including phenoxy) is 2. The van der Waals surface area contributed by atoms with Crippen LogP contribution in [0, 0.1) is 0 Å². The molecular weight excluding hydrogens is 405 g/mol. The molecule has 0 atom stereocenters. The molecule has 0 bridgehead atoms. The third-order valence-corrected chi connectivity index (χ3v) is 3.92. The smallest absolute Gasteiger partial charge is 0.416 e. The molecule has 0 saturated heterocycles. The Kier molecular flexibility index (Phi) is 6.50. The molecule has 0 aliphatic heterocycles. The van der Waals surface area contributed by atoms with Gasteiger partial charge in [0.1, 0.15) is 11.5 Å². The lowest BCUT2D eigenvalue weighted by Crippen LogP contribution is -2.34. The van der Waals surface area contributed by atoms with E-state index in [9.17, 15) is 18.0 Å². The van der Waals surface area contributed by atoms with E-state index in [-0.39, 0.29) is 21.4 Å². The third-order valence-electron chi connectivity index (χ3n) is 3.38. The van der Waals surface area contributed by atoms with Gasteiger partial charge in [-0.3, -0.25) is 10.1 Å². The van der Waals surface area contributed by atoms with Crippen molar-refractivity contribution in [2.24, 2.45) is 0 Å². The molecule has 5 nitrogen and oxygen atoms in total. The predicted molar refractivity (Wildman–Crippen MR) is 99.7 cm³/mol. The summed E-state index contributed by atoms with van der Waals surface area (Å²) < 4.78 is 48.6. The summed E-state index contributed by atoms with van der Waals surface area (Å²) in [4.78, 5) is 12.3. The van der Waals surface area contributed by atoms with Gasteiger partial charge in [-0.1, -0.05) is 11.6 Å². The minimum atomic E-state index is -4.54. The van der Waals surface area contributed by atoms with Gasteiger partial charge < -0.3 is 14.8 Å². The number of anilines is 1. The molecule has 0 saturated carbocycles. The van der Waals surface area contributed by atoms with Gasteiger partial charge in [0.15, 0.2) is 5.11 Å². The zero-order chi connectivity index (χ0) is 20.2. The Bertz CT molecular complexity index is 853. The Hall–Kier alpha value is -2.52. The van der Waals surface area contributed by atoms with Crippen LogP contribution in [0.2, 0.25) is 5.02 Å². The number of carbonyl (C=O) groups is 1. The summed E-state index contributed by atoms with van der Waals surface area (Å²) in [6.07, 6.45) is -4.54. The minimum absolute atomic E-state index is 0.0163. The number of hydrogen-bond acceptors (Lipinski definition) is 4. The van der Waals surface area contributed by atoms with Crippen LogP contribution in [0.25, 0.3) is 0 Å². The molecule has 2 aromatic carbocycles. The normalized spacial score (nSPS) is 10.9. The van der Waals surface area contributed by atoms with E-state index >= 15 is 0 Å². The molecule has 2 N–H and O–H groups in total. The number of halogens is 4. The lowest BCUT2D eigenvalue weighted by molar-refractivity contribution is -0.137. The summed E-state index contributed by atoms with van der Waals surface area (Å²) >= 11 is 10.9. The molecule has 2 rings (SSSR count). The number of benzene rings is 2. The fourth-order valence-corrected chi connectivity index (χ4v) is 2.43. The number of nitrogens with one attached hydrogen (secondary N) is 2. The Balaban J connectivity index is 2.15. The van der Waals surface area contributed by atoms with E-state index in [4.69, 9.17) is 33.3 Å². The summed E-state index contributed by atoms with van der Waals surface area (Å²) in [7, 11) is 2.86. The lowest BCUT2D eigenvalue weighted by atomic mass is 10.2. The molecule has 144 valence electrons. The highest BCUT2D eigenvalue weighted by atomic mass is 35.5. The van der Waals surface area contributed by atoms with Gasteiger partial charge in [-0.2, -0.15) is 13.2 Å². The first-order chi connectivity index (χ1) is 12.6. The number of methoxy groups -OCH3 is 2. The van der Waals surface area contributed by atoms with Crippen molar-refractivity contribution in [1.29, 1.82) is 0 Å². The molecule has 0 heterocycles. The second-order valence-electron chi connectivity index (χ2n) is 5.20. The van der Waals surface area contributed by atoms with Crippen molar-refractivity contribution < 1.29 is 27.4 Å². The van der Waals surface area contributed by atoms with E-state index in [1.54, 1.807) is 6.07 Å². The maximum absolute atomic E-state index is 12.8. The Morgan fingerprint density at radius 1 is 1.07 bits per heavy atom. The van der Waals surface area contributed by atoms with Crippen LogP contribution >= 0.6 is 23.8 Å². The van der Waals surface area contributed by atoms with Crippen LogP contribution < -0.4 is 20.1 Å². The van der Waals surface area contributed by atoms with Crippen LogP contribution in [0.15, 0.2) is 36.4 Å². The summed E-state index contributed by atoms with van der Waals surface area (Å²) in [5.74, 6) is 0.173. The number of thiocarbonyl (C=S) groups is 1. The second-order valence-corrected chi connectivity index (χ2v) is 6.02. The highest BCUT2D eigenvalue weighted by Gasteiger charge is 2.31. The zero-order valence-corrected chi connectivity index (χ0v) is 15.7. The molecule has 27 heavy (non-hydrogen) atoms. The van der Waals surface area contributed by atoms with Crippen LogP contribution in [0.1, 0.15) is 15.9 Å². The highest BCUT2D eigenvalue weighted by Crippen LogP contribution is 2.33.